The van der Waals surface area contributed by atoms with Crippen molar-refractivity contribution in [3.05, 3.63) is 305 Å². The summed E-state index contributed by atoms with van der Waals surface area (Å²) in [6.45, 7) is 40.8. The maximum Gasteiger partial charge on any atom is 0.179 e. The lowest BCUT2D eigenvalue weighted by atomic mass is 9.94. The molecule has 1 heteroatoms. The topological polar surface area (TPSA) is 0 Å². The highest BCUT2D eigenvalue weighted by Gasteiger charge is 2.41. The molecular weight excluding hydrogens is 1040 g/mol. The van der Waals surface area contributed by atoms with Crippen molar-refractivity contribution in [1.82, 2.24) is 0 Å². The molecule has 12 rings (SSSR count). The number of hydrogen-bond acceptors (Lipinski definition) is 0. The van der Waals surface area contributed by atoms with Crippen LogP contribution in [0.25, 0.3) is 43.1 Å². The van der Waals surface area contributed by atoms with Crippen LogP contribution in [0.4, 0.5) is 0 Å². The molecule has 0 saturated heterocycles. The minimum Gasteiger partial charge on any atom is -0.0623 e. The largest absolute Gasteiger partial charge is 0.179 e. The highest BCUT2D eigenvalue weighted by Crippen LogP contribution is 2.30. The Kier molecular flexibility index (Phi) is 16.6. The summed E-state index contributed by atoms with van der Waals surface area (Å²) in [5.74, 6) is 0. The van der Waals surface area contributed by atoms with Gasteiger partial charge in [-0.2, -0.15) is 0 Å². The lowest BCUT2D eigenvalue weighted by Gasteiger charge is -2.35. The molecule has 12 aromatic rings. The van der Waals surface area contributed by atoms with E-state index < -0.39 is 8.07 Å². The van der Waals surface area contributed by atoms with E-state index in [9.17, 15) is 0 Å². The molecule has 0 bridgehead atoms. The van der Waals surface area contributed by atoms with E-state index in [1.165, 1.54) is 109 Å². The number of fused-ring (bicyclic) bond motifs is 4. The zero-order chi connectivity index (χ0) is 68.6. The summed E-state index contributed by atoms with van der Waals surface area (Å²) in [4.78, 5) is 0. The van der Waals surface area contributed by atoms with Gasteiger partial charge in [-0.25, -0.2) is 0 Å². The molecule has 0 spiro atoms. The summed E-state index contributed by atoms with van der Waals surface area (Å²) < 4.78 is 64.4. The van der Waals surface area contributed by atoms with Crippen LogP contribution < -0.4 is 20.7 Å². The molecule has 0 radical (unpaired) electrons. The van der Waals surface area contributed by atoms with Gasteiger partial charge in [-0.3, -0.25) is 0 Å². The van der Waals surface area contributed by atoms with E-state index in [4.69, 9.17) is 11.0 Å². The third-order valence-corrected chi connectivity index (χ3v) is 21.7. The molecule has 0 nitrogen and oxygen atoms in total. The van der Waals surface area contributed by atoms with Crippen LogP contribution in [0.3, 0.4) is 0 Å². The maximum atomic E-state index is 8.14. The summed E-state index contributed by atoms with van der Waals surface area (Å²) in [6.07, 6.45) is 0. The van der Waals surface area contributed by atoms with Gasteiger partial charge in [-0.15, -0.1) is 0 Å². The third kappa shape index (κ3) is 14.0. The van der Waals surface area contributed by atoms with Crippen molar-refractivity contribution in [2.24, 2.45) is 0 Å². The zero-order valence-electron chi connectivity index (χ0n) is 62.4. The quantitative estimate of drug-likeness (QED) is 0.122. The minimum absolute atomic E-state index is 0.222. The van der Waals surface area contributed by atoms with Crippen LogP contribution in [-0.2, 0) is 0 Å². The Hall–Kier alpha value is -8.10. The van der Waals surface area contributed by atoms with Crippen LogP contribution in [0.2, 0.25) is 0 Å². The van der Waals surface area contributed by atoms with E-state index in [1.54, 1.807) is 27.7 Å². The molecule has 0 aromatic heterocycles. The van der Waals surface area contributed by atoms with Crippen LogP contribution in [-0.4, -0.2) is 8.07 Å². The molecule has 0 aliphatic carbocycles. The molecule has 0 aliphatic rings. The van der Waals surface area contributed by atoms with Crippen LogP contribution in [0.1, 0.15) is 122 Å². The van der Waals surface area contributed by atoms with Crippen molar-refractivity contribution < 1.29 is 11.0 Å². The average Bonchev–Trinajstić information content (AvgIpc) is 0.672. The summed E-state index contributed by atoms with van der Waals surface area (Å²) in [6, 6.07) is 56.5. The fourth-order valence-electron chi connectivity index (χ4n) is 12.2. The van der Waals surface area contributed by atoms with Crippen molar-refractivity contribution in [2.75, 3.05) is 0 Å². The predicted octanol–water partition coefficient (Wildman–Crippen LogP) is 20.6. The number of rotatable bonds is 4. The van der Waals surface area contributed by atoms with Gasteiger partial charge in [0.15, 0.2) is 8.07 Å². The van der Waals surface area contributed by atoms with Crippen molar-refractivity contribution >= 4 is 71.9 Å². The Balaban J connectivity index is 0.000000154. The first-order chi connectivity index (χ1) is 43.8. The Morgan fingerprint density at radius 3 is 0.694 bits per heavy atom. The van der Waals surface area contributed by atoms with E-state index in [1.807, 2.05) is 27.7 Å². The molecule has 0 amide bonds. The van der Waals surface area contributed by atoms with Crippen molar-refractivity contribution in [1.29, 1.82) is 0 Å². The summed E-state index contributed by atoms with van der Waals surface area (Å²) in [7, 11) is -2.43. The van der Waals surface area contributed by atoms with Crippen molar-refractivity contribution in [2.45, 2.75) is 138 Å². The highest BCUT2D eigenvalue weighted by atomic mass is 28.3. The Bertz CT molecular complexity index is 4210. The van der Waals surface area contributed by atoms with Gasteiger partial charge in [-0.1, -0.05) is 216 Å². The summed E-state index contributed by atoms with van der Waals surface area (Å²) in [5.41, 5.74) is 22.2. The number of benzene rings is 12. The van der Waals surface area contributed by atoms with Crippen LogP contribution in [0, 0.1) is 138 Å². The molecule has 0 heterocycles. The van der Waals surface area contributed by atoms with Crippen molar-refractivity contribution in [3.8, 4) is 0 Å². The van der Waals surface area contributed by atoms with Crippen LogP contribution >= 0.6 is 0 Å². The Labute approximate surface area is 524 Å². The van der Waals surface area contributed by atoms with Crippen LogP contribution in [0.5, 0.6) is 0 Å². The lowest BCUT2D eigenvalue weighted by Crippen LogP contribution is -2.75. The standard InChI is InChI=1S/C28H28Si.4C14H16/c1-21-15-22(2)18-27(17-21)29(25-11-7-5-8-12-25,26-13-9-6-10-14-26)28-19-23(3)16-24(4)20-28;2*1-9-5-13-7-11(3)12(4)8-14(13)6-10(9)2;2*1-9-5-6-11(3)14-12(4)8-7-10(2)13(9)14/h5-20H,1-4H3;4*5-8H,1-4H3/i;5D,6D,7D,8D;;5D,6D,7D,8D;. The fourth-order valence-corrected chi connectivity index (χ4v) is 17.3. The second kappa shape index (κ2) is 26.9. The van der Waals surface area contributed by atoms with Gasteiger partial charge in [0.2, 0.25) is 0 Å². The maximum absolute atomic E-state index is 8.14. The molecule has 0 saturated carbocycles. The molecule has 0 fully saturated rings. The van der Waals surface area contributed by atoms with Crippen LogP contribution in [0.15, 0.2) is 194 Å². The molecule has 0 N–H and O–H groups in total. The van der Waals surface area contributed by atoms with Crippen molar-refractivity contribution in [3.63, 3.8) is 0 Å². The molecule has 12 aromatic carbocycles. The smallest absolute Gasteiger partial charge is 0.0623 e. The van der Waals surface area contributed by atoms with Gasteiger partial charge in [0, 0.05) is 0 Å². The van der Waals surface area contributed by atoms with Gasteiger partial charge < -0.3 is 0 Å². The molecule has 432 valence electrons. The predicted molar refractivity (Wildman–Crippen MR) is 381 cm³/mol. The second-order valence-corrected chi connectivity index (χ2v) is 27.9. The van der Waals surface area contributed by atoms with E-state index in [2.05, 4.69) is 229 Å². The Morgan fingerprint density at radius 1 is 0.212 bits per heavy atom. The number of aryl methyl sites for hydroxylation is 16. The first-order valence-electron chi connectivity index (χ1n) is 33.9. The average molecular weight is 1140 g/mol. The second-order valence-electron chi connectivity index (χ2n) is 24.1. The van der Waals surface area contributed by atoms with Gasteiger partial charge in [-0.05, 0) is 291 Å². The first kappa shape index (κ1) is 52.5. The normalized spacial score (nSPS) is 12.4. The van der Waals surface area contributed by atoms with Gasteiger partial charge in [0.1, 0.15) is 0 Å². The summed E-state index contributed by atoms with van der Waals surface area (Å²) >= 11 is 0. The molecule has 0 unspecified atom stereocenters. The monoisotopic (exact) mass is 1140 g/mol. The van der Waals surface area contributed by atoms with E-state index in [0.29, 0.717) is 10.8 Å². The highest BCUT2D eigenvalue weighted by molar-refractivity contribution is 7.20. The van der Waals surface area contributed by atoms with Gasteiger partial charge in [0.25, 0.3) is 0 Å². The molecule has 85 heavy (non-hydrogen) atoms. The fraction of sp³-hybridized carbons (Fsp3) is 0.238. The Morgan fingerprint density at radius 2 is 0.447 bits per heavy atom. The third-order valence-electron chi connectivity index (χ3n) is 17.0. The van der Waals surface area contributed by atoms with Gasteiger partial charge in [0.05, 0.1) is 11.0 Å². The molecule has 0 atom stereocenters. The number of hydrogen-bond donors (Lipinski definition) is 0. The van der Waals surface area contributed by atoms with E-state index in [-0.39, 0.29) is 48.3 Å². The molecule has 0 aliphatic heterocycles. The summed E-state index contributed by atoms with van der Waals surface area (Å²) in [5, 5.41) is 14.0. The first-order valence-corrected chi connectivity index (χ1v) is 31.9. The zero-order valence-corrected chi connectivity index (χ0v) is 55.4. The minimum atomic E-state index is -2.43. The molecular formula is C84H92Si. The lowest BCUT2D eigenvalue weighted by molar-refractivity contribution is 1.34. The van der Waals surface area contributed by atoms with E-state index >= 15 is 0 Å². The SMILES string of the molecule is Cc1cc(C)cc([Si](c2ccccc2)(c2ccccc2)c2cc(C)cc(C)c2)c1.Cc1cc2cc(C)c(C)cc2cc1C.Cc1ccc(C)c2c(C)ccc(C)c12.[2H]c1c(C)c(C)c([2H])c2c([2H])c(C)c(C)c([2H])c12.[2H]c1c([2H])c(C)c2c(C)c([2H])c([2H])c(C)c2c1C. The van der Waals surface area contributed by atoms with Gasteiger partial charge >= 0.3 is 0 Å². The van der Waals surface area contributed by atoms with E-state index in [0.717, 1.165) is 55.3 Å².